The highest BCUT2D eigenvalue weighted by Crippen LogP contribution is 2.34. The van der Waals surface area contributed by atoms with E-state index in [4.69, 9.17) is 9.47 Å². The van der Waals surface area contributed by atoms with Gasteiger partial charge >= 0.3 is 5.97 Å². The van der Waals surface area contributed by atoms with Gasteiger partial charge in [0.05, 0.1) is 25.2 Å². The van der Waals surface area contributed by atoms with E-state index in [1.165, 1.54) is 5.56 Å². The van der Waals surface area contributed by atoms with Crippen molar-refractivity contribution < 1.29 is 14.3 Å². The molecule has 0 spiro atoms. The molecule has 0 saturated heterocycles. The molecule has 0 aliphatic heterocycles. The lowest BCUT2D eigenvalue weighted by Crippen LogP contribution is -2.26. The first kappa shape index (κ1) is 22.2. The third kappa shape index (κ3) is 7.47. The van der Waals surface area contributed by atoms with Gasteiger partial charge in [0.15, 0.2) is 0 Å². The van der Waals surface area contributed by atoms with Gasteiger partial charge < -0.3 is 9.47 Å². The van der Waals surface area contributed by atoms with E-state index in [0.717, 1.165) is 17.5 Å². The summed E-state index contributed by atoms with van der Waals surface area (Å²) in [5.41, 5.74) is 3.50. The Balaban J connectivity index is 2.18. The van der Waals surface area contributed by atoms with Crippen molar-refractivity contribution in [2.24, 2.45) is 11.3 Å². The van der Waals surface area contributed by atoms with E-state index in [9.17, 15) is 4.79 Å². The van der Waals surface area contributed by atoms with Crippen LogP contribution >= 0.6 is 0 Å². The molecule has 2 aromatic rings. The second kappa shape index (κ2) is 10.4. The number of benzene rings is 2. The lowest BCUT2D eigenvalue weighted by molar-refractivity contribution is -0.151. The average molecular weight is 383 g/mol. The summed E-state index contributed by atoms with van der Waals surface area (Å²) < 4.78 is 11.7. The molecule has 3 heteroatoms. The normalized spacial score (nSPS) is 13.8. The summed E-state index contributed by atoms with van der Waals surface area (Å²) in [6.45, 7) is 11.3. The Bertz CT molecular complexity index is 714. The number of hydrogen-bond donors (Lipinski definition) is 0. The van der Waals surface area contributed by atoms with Crippen molar-refractivity contribution in [3.63, 3.8) is 0 Å². The highest BCUT2D eigenvalue weighted by Gasteiger charge is 2.29. The van der Waals surface area contributed by atoms with E-state index in [0.29, 0.717) is 19.6 Å². The molecule has 0 amide bonds. The monoisotopic (exact) mass is 382 g/mol. The van der Waals surface area contributed by atoms with Crippen molar-refractivity contribution in [3.05, 3.63) is 71.3 Å². The van der Waals surface area contributed by atoms with Gasteiger partial charge in [-0.2, -0.15) is 0 Å². The first-order valence-electron chi connectivity index (χ1n) is 10.2. The second-order valence-corrected chi connectivity index (χ2v) is 8.65. The summed E-state index contributed by atoms with van der Waals surface area (Å²) in [4.78, 5) is 12.6. The molecule has 152 valence electrons. The smallest absolute Gasteiger partial charge is 0.309 e. The summed E-state index contributed by atoms with van der Waals surface area (Å²) in [7, 11) is 0. The number of hydrogen-bond acceptors (Lipinski definition) is 3. The number of carbonyl (C=O) groups excluding carboxylic acids is 1. The van der Waals surface area contributed by atoms with Crippen LogP contribution in [-0.2, 0) is 20.9 Å². The van der Waals surface area contributed by atoms with Gasteiger partial charge in [-0.15, -0.1) is 0 Å². The summed E-state index contributed by atoms with van der Waals surface area (Å²) in [6, 6.07) is 18.5. The maximum atomic E-state index is 12.6. The quantitative estimate of drug-likeness (QED) is 0.480. The van der Waals surface area contributed by atoms with Crippen LogP contribution in [0.25, 0.3) is 0 Å². The number of ether oxygens (including phenoxy) is 2. The van der Waals surface area contributed by atoms with Crippen LogP contribution in [0.1, 0.15) is 63.3 Å². The summed E-state index contributed by atoms with van der Waals surface area (Å²) in [6.07, 6.45) is 1.23. The summed E-state index contributed by atoms with van der Waals surface area (Å²) >= 11 is 0. The first-order chi connectivity index (χ1) is 13.3. The van der Waals surface area contributed by atoms with Crippen LogP contribution in [0.5, 0.6) is 0 Å². The Morgan fingerprint density at radius 2 is 1.64 bits per heavy atom. The molecule has 0 saturated carbocycles. The maximum absolute atomic E-state index is 12.6. The molecule has 28 heavy (non-hydrogen) atoms. The van der Waals surface area contributed by atoms with Gasteiger partial charge in [0.2, 0.25) is 0 Å². The van der Waals surface area contributed by atoms with Crippen LogP contribution in [0.2, 0.25) is 0 Å². The zero-order valence-electron chi connectivity index (χ0n) is 17.9. The minimum atomic E-state index is -0.192. The van der Waals surface area contributed by atoms with Crippen molar-refractivity contribution in [2.45, 2.75) is 60.2 Å². The third-order valence-electron chi connectivity index (χ3n) is 4.72. The van der Waals surface area contributed by atoms with Gasteiger partial charge in [-0.05, 0) is 43.2 Å². The van der Waals surface area contributed by atoms with Gasteiger partial charge in [-0.3, -0.25) is 4.79 Å². The first-order valence-corrected chi connectivity index (χ1v) is 10.2. The Hall–Kier alpha value is -2.13. The molecule has 0 N–H and O–H groups in total. The minimum Gasteiger partial charge on any atom is -0.466 e. The fourth-order valence-electron chi connectivity index (χ4n) is 3.37. The lowest BCUT2D eigenvalue weighted by atomic mass is 9.81. The van der Waals surface area contributed by atoms with Gasteiger partial charge in [-0.1, -0.05) is 80.9 Å². The molecular weight excluding hydrogens is 348 g/mol. The molecule has 0 unspecified atom stereocenters. The topological polar surface area (TPSA) is 35.5 Å². The predicted octanol–water partition coefficient (Wildman–Crippen LogP) is 6.26. The standard InChI is InChI=1S/C25H34O3/c1-6-27-24(26)22(17-25(3,4)5)16-23(21-10-8-7-9-11-21)28-18-20-14-12-19(2)13-15-20/h7-15,22-23H,6,16-18H2,1-5H3/t22-,23-/m0/s1. The molecule has 0 aliphatic rings. The van der Waals surface area contributed by atoms with E-state index in [2.05, 4.69) is 64.1 Å². The van der Waals surface area contributed by atoms with Crippen molar-refractivity contribution in [3.8, 4) is 0 Å². The zero-order chi connectivity index (χ0) is 20.6. The summed E-state index contributed by atoms with van der Waals surface area (Å²) in [5, 5.41) is 0. The van der Waals surface area contributed by atoms with E-state index < -0.39 is 0 Å². The molecule has 0 fully saturated rings. The zero-order valence-corrected chi connectivity index (χ0v) is 17.9. The van der Waals surface area contributed by atoms with Crippen LogP contribution in [0.15, 0.2) is 54.6 Å². The molecule has 0 heterocycles. The number of rotatable bonds is 9. The predicted molar refractivity (Wildman–Crippen MR) is 114 cm³/mol. The molecular formula is C25H34O3. The van der Waals surface area contributed by atoms with Crippen molar-refractivity contribution in [1.82, 2.24) is 0 Å². The largest absolute Gasteiger partial charge is 0.466 e. The van der Waals surface area contributed by atoms with Crippen LogP contribution in [0.4, 0.5) is 0 Å². The van der Waals surface area contributed by atoms with Crippen LogP contribution in [-0.4, -0.2) is 12.6 Å². The van der Waals surface area contributed by atoms with Crippen molar-refractivity contribution in [1.29, 1.82) is 0 Å². The molecule has 3 nitrogen and oxygen atoms in total. The fraction of sp³-hybridized carbons (Fsp3) is 0.480. The Kier molecular flexibility index (Phi) is 8.25. The average Bonchev–Trinajstić information content (AvgIpc) is 2.65. The Labute approximate surface area is 170 Å². The summed E-state index contributed by atoms with van der Waals surface area (Å²) in [5.74, 6) is -0.319. The highest BCUT2D eigenvalue weighted by molar-refractivity contribution is 5.72. The van der Waals surface area contributed by atoms with E-state index in [-0.39, 0.29) is 23.4 Å². The molecule has 0 aromatic heterocycles. The number of carbonyl (C=O) groups is 1. The van der Waals surface area contributed by atoms with Crippen molar-refractivity contribution in [2.75, 3.05) is 6.61 Å². The number of esters is 1. The van der Waals surface area contributed by atoms with E-state index in [1.54, 1.807) is 0 Å². The van der Waals surface area contributed by atoms with Gasteiger partial charge in [-0.25, -0.2) is 0 Å². The maximum Gasteiger partial charge on any atom is 0.309 e. The molecule has 0 radical (unpaired) electrons. The van der Waals surface area contributed by atoms with Gasteiger partial charge in [0.25, 0.3) is 0 Å². The molecule has 2 atom stereocenters. The SMILES string of the molecule is CCOC(=O)[C@@H](C[C@H](OCc1ccc(C)cc1)c1ccccc1)CC(C)(C)C. The van der Waals surface area contributed by atoms with E-state index in [1.807, 2.05) is 25.1 Å². The molecule has 0 aliphatic carbocycles. The van der Waals surface area contributed by atoms with E-state index >= 15 is 0 Å². The second-order valence-electron chi connectivity index (χ2n) is 8.65. The fourth-order valence-corrected chi connectivity index (χ4v) is 3.37. The highest BCUT2D eigenvalue weighted by atomic mass is 16.5. The Morgan fingerprint density at radius 3 is 2.21 bits per heavy atom. The number of aryl methyl sites for hydroxylation is 1. The minimum absolute atomic E-state index is 0.0373. The van der Waals surface area contributed by atoms with Crippen LogP contribution in [0.3, 0.4) is 0 Å². The molecule has 0 bridgehead atoms. The molecule has 2 rings (SSSR count). The van der Waals surface area contributed by atoms with Crippen molar-refractivity contribution >= 4 is 5.97 Å². The van der Waals surface area contributed by atoms with Gasteiger partial charge in [0.1, 0.15) is 0 Å². The Morgan fingerprint density at radius 1 is 1.00 bits per heavy atom. The van der Waals surface area contributed by atoms with Crippen LogP contribution in [0, 0.1) is 18.3 Å². The van der Waals surface area contributed by atoms with Gasteiger partial charge in [0, 0.05) is 0 Å². The molecule has 2 aromatic carbocycles. The van der Waals surface area contributed by atoms with Crippen LogP contribution < -0.4 is 0 Å². The third-order valence-corrected chi connectivity index (χ3v) is 4.72. The lowest BCUT2D eigenvalue weighted by Gasteiger charge is -2.28.